The second kappa shape index (κ2) is 22.1. The van der Waals surface area contributed by atoms with Gasteiger partial charge in [-0.2, -0.15) is 0 Å². The van der Waals surface area contributed by atoms with Crippen LogP contribution in [0.5, 0.6) is 0 Å². The molecule has 2 saturated carbocycles. The van der Waals surface area contributed by atoms with Crippen LogP contribution < -0.4 is 21.3 Å². The molecule has 4 fully saturated rings. The monoisotopic (exact) mass is 1030 g/mol. The summed E-state index contributed by atoms with van der Waals surface area (Å²) >= 11 is 12.4. The summed E-state index contributed by atoms with van der Waals surface area (Å²) in [4.78, 5) is 58.6. The molecule has 12 heteroatoms. The predicted molar refractivity (Wildman–Crippen MR) is 293 cm³/mol. The molecule has 0 bridgehead atoms. The zero-order chi connectivity index (χ0) is 50.7. The number of nitrogens with one attached hydrogen (secondary N) is 4. The summed E-state index contributed by atoms with van der Waals surface area (Å²) < 4.78 is 0. The molecule has 2 saturated heterocycles. The van der Waals surface area contributed by atoms with Gasteiger partial charge in [-0.15, -0.1) is 0 Å². The second-order valence-electron chi connectivity index (χ2n) is 21.1. The molecule has 0 aromatic heterocycles. The van der Waals surface area contributed by atoms with Gasteiger partial charge < -0.3 is 31.1 Å². The van der Waals surface area contributed by atoms with Gasteiger partial charge in [0.1, 0.15) is 0 Å². The molecule has 6 aliphatic rings. The fraction of sp³-hybridized carbons (Fsp3) is 0.355. The van der Waals surface area contributed by atoms with E-state index in [0.717, 1.165) is 98.7 Å². The lowest BCUT2D eigenvalue weighted by molar-refractivity contribution is -0.139. The van der Waals surface area contributed by atoms with Gasteiger partial charge in [-0.3, -0.25) is 19.2 Å². The Labute approximate surface area is 444 Å². The van der Waals surface area contributed by atoms with E-state index in [2.05, 4.69) is 91.7 Å². The zero-order valence-corrected chi connectivity index (χ0v) is 43.1. The maximum Gasteiger partial charge on any atom is 0.251 e. The molecule has 12 rings (SSSR count). The number of carbonyl (C=O) groups is 4. The number of rotatable bonds is 8. The first-order valence-electron chi connectivity index (χ1n) is 26.7. The fourth-order valence-electron chi connectivity index (χ4n) is 13.3. The lowest BCUT2D eigenvalue weighted by Gasteiger charge is -2.42. The van der Waals surface area contributed by atoms with Crippen LogP contribution in [0.4, 0.5) is 11.4 Å². The molecule has 4 heterocycles. The topological polar surface area (TPSA) is 123 Å². The first kappa shape index (κ1) is 49.6. The number of fused-ring (bicyclic) bond motifs is 6. The molecule has 4 N–H and O–H groups in total. The highest BCUT2D eigenvalue weighted by Crippen LogP contribution is 2.53. The second-order valence-corrected chi connectivity index (χ2v) is 21.9. The van der Waals surface area contributed by atoms with Crippen molar-refractivity contribution in [2.75, 3.05) is 23.7 Å². The largest absolute Gasteiger partial charge is 0.378 e. The van der Waals surface area contributed by atoms with Crippen LogP contribution in [0.3, 0.4) is 0 Å². The molecule has 2 aliphatic carbocycles. The van der Waals surface area contributed by atoms with Crippen molar-refractivity contribution in [2.24, 2.45) is 23.7 Å². The number of hydrogen-bond acceptors (Lipinski definition) is 6. The SMILES string of the molecule is O=C(NC1CCCC[C@@H]1C(=O)N1CC[C@@H]2[C@H](c3ccc(Cl)cc3)Nc3ccccc3[C@@H]21)c1ccccc1.O=C(NC1CCCC[C@@H]1C(=O)N1CC[C@H]2[C@@H](c3ccc(Cl)cc3)Nc3ccccc3[C@H]21)c1ccccc1. The average Bonchev–Trinajstić information content (AvgIpc) is 4.11. The van der Waals surface area contributed by atoms with Crippen LogP contribution in [0, 0.1) is 23.7 Å². The summed E-state index contributed by atoms with van der Waals surface area (Å²) in [6.07, 6.45) is 9.24. The highest BCUT2D eigenvalue weighted by molar-refractivity contribution is 6.30. The van der Waals surface area contributed by atoms with Crippen molar-refractivity contribution in [1.82, 2.24) is 20.4 Å². The number of benzene rings is 6. The minimum Gasteiger partial charge on any atom is -0.378 e. The highest BCUT2D eigenvalue weighted by Gasteiger charge is 2.50. The van der Waals surface area contributed by atoms with Crippen LogP contribution in [0.1, 0.15) is 131 Å². The number of halogens is 2. The van der Waals surface area contributed by atoms with Gasteiger partial charge in [-0.25, -0.2) is 0 Å². The molecule has 6 aromatic carbocycles. The van der Waals surface area contributed by atoms with E-state index in [1.54, 1.807) is 0 Å². The number of likely N-dealkylation sites (tertiary alicyclic amines) is 2. The van der Waals surface area contributed by atoms with Crippen molar-refractivity contribution >= 4 is 58.2 Å². The number of hydrogen-bond donors (Lipinski definition) is 4. The third-order valence-corrected chi connectivity index (χ3v) is 17.3. The molecular weight excluding hydrogens is 964 g/mol. The van der Waals surface area contributed by atoms with E-state index in [1.807, 2.05) is 97.1 Å². The zero-order valence-electron chi connectivity index (χ0n) is 41.6. The van der Waals surface area contributed by atoms with Crippen LogP contribution in [0.2, 0.25) is 10.0 Å². The average molecular weight is 1030 g/mol. The molecule has 10 atom stereocenters. The van der Waals surface area contributed by atoms with Gasteiger partial charge in [0.15, 0.2) is 0 Å². The Morgan fingerprint density at radius 3 is 1.20 bits per heavy atom. The Kier molecular flexibility index (Phi) is 14.8. The van der Waals surface area contributed by atoms with Gasteiger partial charge in [0.25, 0.3) is 11.8 Å². The van der Waals surface area contributed by atoms with Gasteiger partial charge in [0, 0.05) is 69.6 Å². The minimum atomic E-state index is -0.198. The lowest BCUT2D eigenvalue weighted by atomic mass is 9.79. The van der Waals surface area contributed by atoms with Gasteiger partial charge in [0.2, 0.25) is 11.8 Å². The number of anilines is 2. The molecule has 2 unspecified atom stereocenters. The maximum absolute atomic E-state index is 14.2. The lowest BCUT2D eigenvalue weighted by Crippen LogP contribution is -2.50. The van der Waals surface area contributed by atoms with Crippen LogP contribution >= 0.6 is 23.2 Å². The van der Waals surface area contributed by atoms with E-state index in [0.29, 0.717) is 11.1 Å². The Bertz CT molecular complexity index is 2760. The van der Waals surface area contributed by atoms with Gasteiger partial charge >= 0.3 is 0 Å². The van der Waals surface area contributed by atoms with E-state index >= 15 is 0 Å². The Hall–Kier alpha value is -6.62. The van der Waals surface area contributed by atoms with Crippen molar-refractivity contribution < 1.29 is 19.2 Å². The summed E-state index contributed by atoms with van der Waals surface area (Å²) in [5.74, 6) is 0.294. The maximum atomic E-state index is 14.2. The molecule has 10 nitrogen and oxygen atoms in total. The van der Waals surface area contributed by atoms with Crippen molar-refractivity contribution in [3.8, 4) is 0 Å². The van der Waals surface area contributed by atoms with Crippen LogP contribution in [-0.4, -0.2) is 58.6 Å². The third kappa shape index (κ3) is 10.2. The number of carbonyl (C=O) groups excluding carboxylic acids is 4. The molecular formula is C62H64Cl2N6O4. The minimum absolute atomic E-state index is 0.0121. The van der Waals surface area contributed by atoms with Crippen molar-refractivity contribution in [2.45, 2.75) is 100 Å². The molecule has 4 amide bonds. The molecule has 6 aromatic rings. The van der Waals surface area contributed by atoms with E-state index in [-0.39, 0.29) is 83.6 Å². The van der Waals surface area contributed by atoms with E-state index in [1.165, 1.54) is 22.3 Å². The van der Waals surface area contributed by atoms with E-state index < -0.39 is 0 Å². The Balaban J connectivity index is 0.000000159. The molecule has 0 radical (unpaired) electrons. The first-order valence-corrected chi connectivity index (χ1v) is 27.5. The summed E-state index contributed by atoms with van der Waals surface area (Å²) in [5, 5.41) is 15.4. The predicted octanol–water partition coefficient (Wildman–Crippen LogP) is 12.8. The number of nitrogens with zero attached hydrogens (tertiary/aromatic N) is 2. The Morgan fingerprint density at radius 2 is 0.797 bits per heavy atom. The molecule has 74 heavy (non-hydrogen) atoms. The van der Waals surface area contributed by atoms with E-state index in [9.17, 15) is 19.2 Å². The number of amides is 4. The molecule has 4 aliphatic heterocycles. The third-order valence-electron chi connectivity index (χ3n) is 16.8. The summed E-state index contributed by atoms with van der Waals surface area (Å²) in [5.41, 5.74) is 8.19. The first-order chi connectivity index (χ1) is 36.2. The van der Waals surface area contributed by atoms with Crippen LogP contribution in [0.15, 0.2) is 158 Å². The van der Waals surface area contributed by atoms with Crippen molar-refractivity contribution in [3.63, 3.8) is 0 Å². The van der Waals surface area contributed by atoms with Gasteiger partial charge in [-0.1, -0.05) is 146 Å². The van der Waals surface area contributed by atoms with Gasteiger partial charge in [-0.05, 0) is 121 Å². The van der Waals surface area contributed by atoms with Crippen molar-refractivity contribution in [3.05, 3.63) is 201 Å². The van der Waals surface area contributed by atoms with Crippen LogP contribution in [0.25, 0.3) is 0 Å². The van der Waals surface area contributed by atoms with Crippen LogP contribution in [-0.2, 0) is 9.59 Å². The standard InChI is InChI=1S/2C31H32ClN3O2/c2*32-22-16-14-20(15-17-22)28-25-18-19-35(29(25)23-10-4-6-12-26(23)33-28)31(37)24-11-5-7-13-27(24)34-30(36)21-8-2-1-3-9-21/h2*1-4,6,8-10,12,14-17,24-25,27-29,33H,5,7,11,13,18-19H2,(H,34,36)/t24-,25+,27?,28-,29-;24-,25-,27?,28+,29+/m00/s1. The molecule has 0 spiro atoms. The van der Waals surface area contributed by atoms with Crippen molar-refractivity contribution in [1.29, 1.82) is 0 Å². The van der Waals surface area contributed by atoms with Gasteiger partial charge in [0.05, 0.1) is 36.0 Å². The fourth-order valence-corrected chi connectivity index (χ4v) is 13.5. The quantitative estimate of drug-likeness (QED) is 0.120. The highest BCUT2D eigenvalue weighted by atomic mass is 35.5. The smallest absolute Gasteiger partial charge is 0.251 e. The Morgan fingerprint density at radius 1 is 0.432 bits per heavy atom. The normalized spacial score (nSPS) is 26.5. The molecule has 380 valence electrons. The number of para-hydroxylation sites is 2. The summed E-state index contributed by atoms with van der Waals surface area (Å²) in [6, 6.07) is 51.4. The van der Waals surface area contributed by atoms with E-state index in [4.69, 9.17) is 23.2 Å². The summed E-state index contributed by atoms with van der Waals surface area (Å²) in [7, 11) is 0. The summed E-state index contributed by atoms with van der Waals surface area (Å²) in [6.45, 7) is 1.45.